The number of carbonyl (C=O) groups excluding carboxylic acids is 3. The molecule has 3 N–H and O–H groups in total. The Hall–Kier alpha value is -3.31. The molecular formula is C28H40N6O5. The highest BCUT2D eigenvalue weighted by atomic mass is 16.5. The summed E-state index contributed by atoms with van der Waals surface area (Å²) in [6.45, 7) is 4.00. The fourth-order valence-corrected chi connectivity index (χ4v) is 5.66. The highest BCUT2D eigenvalue weighted by Crippen LogP contribution is 2.29. The smallest absolute Gasteiger partial charge is 0.276 e. The van der Waals surface area contributed by atoms with Crippen molar-refractivity contribution >= 4 is 17.7 Å². The van der Waals surface area contributed by atoms with Gasteiger partial charge in [0, 0.05) is 51.2 Å². The van der Waals surface area contributed by atoms with Crippen molar-refractivity contribution in [3.8, 4) is 0 Å². The van der Waals surface area contributed by atoms with Crippen LogP contribution in [0.15, 0.2) is 35.1 Å². The number of nitrogens with one attached hydrogen (secondary N) is 1. The van der Waals surface area contributed by atoms with Gasteiger partial charge in [0.15, 0.2) is 5.69 Å². The van der Waals surface area contributed by atoms with E-state index in [1.54, 1.807) is 48.2 Å². The summed E-state index contributed by atoms with van der Waals surface area (Å²) in [5.74, 6) is 0.777. The van der Waals surface area contributed by atoms with Gasteiger partial charge in [0.25, 0.3) is 11.8 Å². The van der Waals surface area contributed by atoms with Crippen molar-refractivity contribution in [2.24, 2.45) is 17.6 Å². The van der Waals surface area contributed by atoms with Crippen LogP contribution in [0.4, 0.5) is 0 Å². The average Bonchev–Trinajstić information content (AvgIpc) is 3.42. The highest BCUT2D eigenvalue weighted by Gasteiger charge is 2.40. The highest BCUT2D eigenvalue weighted by molar-refractivity contribution is 5.97. The third kappa shape index (κ3) is 7.21. The van der Waals surface area contributed by atoms with Crippen LogP contribution >= 0.6 is 0 Å². The molecule has 11 heteroatoms. The van der Waals surface area contributed by atoms with Crippen LogP contribution in [-0.4, -0.2) is 89.6 Å². The number of aryl methyl sites for hydroxylation is 1. The molecule has 0 bridgehead atoms. The maximum absolute atomic E-state index is 13.6. The van der Waals surface area contributed by atoms with Crippen LogP contribution in [-0.2, 0) is 9.53 Å². The Morgan fingerprint density at radius 2 is 1.97 bits per heavy atom. The number of hydrogen-bond donors (Lipinski definition) is 2. The SMILES string of the molecule is COCCN(C(=O)c1cc(C)on1)C1CCN(C(=O)c2cccnc2)[C@@H](C(=O)NCC2CCC(CN)CC2)C1. The molecule has 2 fully saturated rings. The Labute approximate surface area is 229 Å². The molecule has 0 aromatic carbocycles. The lowest BCUT2D eigenvalue weighted by molar-refractivity contribution is -0.127. The van der Waals surface area contributed by atoms with Gasteiger partial charge in [-0.1, -0.05) is 5.16 Å². The first-order chi connectivity index (χ1) is 18.9. The number of ether oxygens (including phenoxy) is 1. The maximum atomic E-state index is 13.6. The first-order valence-electron chi connectivity index (χ1n) is 13.8. The summed E-state index contributed by atoms with van der Waals surface area (Å²) >= 11 is 0. The van der Waals surface area contributed by atoms with Crippen molar-refractivity contribution in [2.75, 3.05) is 39.9 Å². The van der Waals surface area contributed by atoms with E-state index in [9.17, 15) is 14.4 Å². The van der Waals surface area contributed by atoms with Crippen molar-refractivity contribution in [1.29, 1.82) is 0 Å². The zero-order valence-electron chi connectivity index (χ0n) is 22.9. The first kappa shape index (κ1) is 28.7. The summed E-state index contributed by atoms with van der Waals surface area (Å²) in [5.41, 5.74) is 6.47. The van der Waals surface area contributed by atoms with Gasteiger partial charge in [-0.15, -0.1) is 0 Å². The van der Waals surface area contributed by atoms with E-state index in [0.717, 1.165) is 25.7 Å². The molecular weight excluding hydrogens is 500 g/mol. The van der Waals surface area contributed by atoms with Gasteiger partial charge >= 0.3 is 0 Å². The fourth-order valence-electron chi connectivity index (χ4n) is 5.66. The van der Waals surface area contributed by atoms with E-state index in [4.69, 9.17) is 15.0 Å². The lowest BCUT2D eigenvalue weighted by atomic mass is 9.82. The Kier molecular flexibility index (Phi) is 10.0. The van der Waals surface area contributed by atoms with Crippen molar-refractivity contribution in [2.45, 2.75) is 57.5 Å². The minimum atomic E-state index is -0.728. The normalized spacial score (nSPS) is 23.3. The van der Waals surface area contributed by atoms with Gasteiger partial charge in [0.2, 0.25) is 5.91 Å². The monoisotopic (exact) mass is 540 g/mol. The van der Waals surface area contributed by atoms with Crippen LogP contribution in [0.25, 0.3) is 0 Å². The Morgan fingerprint density at radius 1 is 1.21 bits per heavy atom. The number of rotatable bonds is 10. The van der Waals surface area contributed by atoms with E-state index >= 15 is 0 Å². The molecule has 2 aliphatic rings. The number of methoxy groups -OCH3 is 1. The van der Waals surface area contributed by atoms with Crippen molar-refractivity contribution in [3.05, 3.63) is 47.6 Å². The zero-order chi connectivity index (χ0) is 27.8. The van der Waals surface area contributed by atoms with E-state index in [2.05, 4.69) is 15.5 Å². The van der Waals surface area contributed by atoms with E-state index < -0.39 is 6.04 Å². The van der Waals surface area contributed by atoms with Gasteiger partial charge in [-0.2, -0.15) is 0 Å². The molecule has 11 nitrogen and oxygen atoms in total. The van der Waals surface area contributed by atoms with Crippen LogP contribution in [0, 0.1) is 18.8 Å². The average molecular weight is 541 g/mol. The van der Waals surface area contributed by atoms with Crippen LogP contribution in [0.2, 0.25) is 0 Å². The van der Waals surface area contributed by atoms with E-state index in [1.807, 2.05) is 0 Å². The quantitative estimate of drug-likeness (QED) is 0.466. The molecule has 39 heavy (non-hydrogen) atoms. The van der Waals surface area contributed by atoms with Crippen molar-refractivity contribution in [3.63, 3.8) is 0 Å². The number of nitrogens with zero attached hydrogens (tertiary/aromatic N) is 4. The van der Waals surface area contributed by atoms with Gasteiger partial charge < -0.3 is 30.1 Å². The Bertz CT molecular complexity index is 1100. The molecule has 4 rings (SSSR count). The second-order valence-electron chi connectivity index (χ2n) is 10.6. The molecule has 2 aromatic rings. The molecule has 3 amide bonds. The van der Waals surface area contributed by atoms with Crippen LogP contribution < -0.4 is 11.1 Å². The number of hydrogen-bond acceptors (Lipinski definition) is 8. The molecule has 0 radical (unpaired) electrons. The summed E-state index contributed by atoms with van der Waals surface area (Å²) in [4.78, 5) is 47.9. The lowest BCUT2D eigenvalue weighted by Gasteiger charge is -2.42. The standard InChI is InChI=1S/C28H40N6O5/c1-19-14-24(32-39-19)28(37)33(12-13-38-2)23-9-11-34(27(36)22-4-3-10-30-18-22)25(15-23)26(35)31-17-21-7-5-20(16-29)6-8-21/h3-4,10,14,18,20-21,23,25H,5-9,11-13,15-17,29H2,1-2H3,(H,31,35)/t20?,21?,23?,25-/m1/s1. The minimum Gasteiger partial charge on any atom is -0.383 e. The van der Waals surface area contributed by atoms with Crippen molar-refractivity contribution < 1.29 is 23.6 Å². The number of piperidine rings is 1. The van der Waals surface area contributed by atoms with E-state index in [-0.39, 0.29) is 29.5 Å². The summed E-state index contributed by atoms with van der Waals surface area (Å²) in [6.07, 6.45) is 8.17. The lowest BCUT2D eigenvalue weighted by Crippen LogP contribution is -2.58. The second-order valence-corrected chi connectivity index (χ2v) is 10.6. The number of nitrogens with two attached hydrogens (primary N) is 1. The number of aromatic nitrogens is 2. The van der Waals surface area contributed by atoms with E-state index in [0.29, 0.717) is 68.8 Å². The molecule has 3 heterocycles. The first-order valence-corrected chi connectivity index (χ1v) is 13.8. The summed E-state index contributed by atoms with van der Waals surface area (Å²) in [7, 11) is 1.58. The predicted octanol–water partition coefficient (Wildman–Crippen LogP) is 2.02. The Balaban J connectivity index is 1.51. The third-order valence-electron chi connectivity index (χ3n) is 8.00. The molecule has 2 atom stereocenters. The largest absolute Gasteiger partial charge is 0.383 e. The second kappa shape index (κ2) is 13.7. The predicted molar refractivity (Wildman–Crippen MR) is 144 cm³/mol. The topological polar surface area (TPSA) is 144 Å². The molecule has 0 spiro atoms. The van der Waals surface area contributed by atoms with Crippen LogP contribution in [0.3, 0.4) is 0 Å². The van der Waals surface area contributed by atoms with Gasteiger partial charge in [-0.05, 0) is 76.0 Å². The fraction of sp³-hybridized carbons (Fsp3) is 0.607. The zero-order valence-corrected chi connectivity index (χ0v) is 22.9. The molecule has 2 aromatic heterocycles. The van der Waals surface area contributed by atoms with E-state index in [1.165, 1.54) is 6.20 Å². The number of amides is 3. The molecule has 1 unspecified atom stereocenters. The van der Waals surface area contributed by atoms with Crippen LogP contribution in [0.5, 0.6) is 0 Å². The molecule has 1 saturated carbocycles. The molecule has 1 saturated heterocycles. The Morgan fingerprint density at radius 3 is 2.62 bits per heavy atom. The number of carbonyl (C=O) groups is 3. The third-order valence-corrected chi connectivity index (χ3v) is 8.00. The number of pyridine rings is 1. The summed E-state index contributed by atoms with van der Waals surface area (Å²) < 4.78 is 10.4. The van der Waals surface area contributed by atoms with Gasteiger partial charge in [0.05, 0.1) is 12.2 Å². The minimum absolute atomic E-state index is 0.200. The van der Waals surface area contributed by atoms with Gasteiger partial charge in [0.1, 0.15) is 11.8 Å². The number of likely N-dealkylation sites (tertiary alicyclic amines) is 1. The van der Waals surface area contributed by atoms with Gasteiger partial charge in [-0.25, -0.2) is 0 Å². The van der Waals surface area contributed by atoms with Crippen molar-refractivity contribution in [1.82, 2.24) is 25.3 Å². The maximum Gasteiger partial charge on any atom is 0.276 e. The summed E-state index contributed by atoms with van der Waals surface area (Å²) in [6, 6.07) is 4.00. The molecule has 212 valence electrons. The summed E-state index contributed by atoms with van der Waals surface area (Å²) in [5, 5.41) is 7.03. The molecule has 1 aliphatic carbocycles. The van der Waals surface area contributed by atoms with Crippen LogP contribution in [0.1, 0.15) is 65.1 Å². The van der Waals surface area contributed by atoms with Gasteiger partial charge in [-0.3, -0.25) is 19.4 Å². The molecule has 1 aliphatic heterocycles.